The molecule has 2 heteroatoms. The maximum Gasteiger partial charge on any atom is 0.197 e. The summed E-state index contributed by atoms with van der Waals surface area (Å²) in [6.07, 6.45) is 4.32. The average Bonchev–Trinajstić information content (AvgIpc) is 3.05. The fraction of sp³-hybridized carbons (Fsp3) is 0.214. The summed E-state index contributed by atoms with van der Waals surface area (Å²) in [5.74, 6) is 0. The molecule has 0 bridgehead atoms. The van der Waals surface area contributed by atoms with Gasteiger partial charge in [-0.2, -0.15) is 0 Å². The Morgan fingerprint density at radius 1 is 1.00 bits per heavy atom. The normalized spacial score (nSPS) is 14.0. The second kappa shape index (κ2) is 6.58. The molecule has 1 nitrogen and oxygen atoms in total. The summed E-state index contributed by atoms with van der Waals surface area (Å²) in [5, 5.41) is 4.01. The van der Waals surface area contributed by atoms with Gasteiger partial charge in [0.1, 0.15) is 17.5 Å². The lowest BCUT2D eigenvalue weighted by atomic mass is 9.79. The summed E-state index contributed by atoms with van der Waals surface area (Å²) in [7, 11) is 0. The van der Waals surface area contributed by atoms with Crippen molar-refractivity contribution in [3.63, 3.8) is 0 Å². The first kappa shape index (κ1) is 19.1. The molecule has 0 unspecified atom stereocenters. The highest BCUT2D eigenvalue weighted by atomic mass is 32.1. The minimum Gasteiger partial charge on any atom is -0.257 e. The third kappa shape index (κ3) is 2.82. The number of aryl methyl sites for hydroxylation is 2. The summed E-state index contributed by atoms with van der Waals surface area (Å²) in [6.45, 7) is 15.7. The van der Waals surface area contributed by atoms with Crippen LogP contribution in [0.3, 0.4) is 0 Å². The van der Waals surface area contributed by atoms with Crippen molar-refractivity contribution in [2.24, 2.45) is 0 Å². The van der Waals surface area contributed by atoms with E-state index in [-0.39, 0.29) is 5.41 Å². The Bertz CT molecular complexity index is 1360. The van der Waals surface area contributed by atoms with Gasteiger partial charge in [-0.3, -0.25) is 4.58 Å². The molecule has 4 aromatic rings. The molecule has 150 valence electrons. The maximum absolute atomic E-state index is 4.37. The van der Waals surface area contributed by atoms with Crippen LogP contribution in [-0.2, 0) is 5.41 Å². The van der Waals surface area contributed by atoms with Crippen molar-refractivity contribution in [3.8, 4) is 0 Å². The molecule has 0 amide bonds. The van der Waals surface area contributed by atoms with Gasteiger partial charge in [0.2, 0.25) is 0 Å². The van der Waals surface area contributed by atoms with Crippen molar-refractivity contribution >= 4 is 45.0 Å². The zero-order valence-electron chi connectivity index (χ0n) is 18.3. The molecule has 5 rings (SSSR count). The lowest BCUT2D eigenvalue weighted by Crippen LogP contribution is -2.20. The van der Waals surface area contributed by atoms with Crippen LogP contribution in [0.15, 0.2) is 54.7 Å². The van der Waals surface area contributed by atoms with Gasteiger partial charge in [-0.25, -0.2) is 0 Å². The third-order valence-corrected chi connectivity index (χ3v) is 7.36. The van der Waals surface area contributed by atoms with E-state index >= 15 is 0 Å². The van der Waals surface area contributed by atoms with E-state index in [1.807, 2.05) is 15.9 Å². The lowest BCUT2D eigenvalue weighted by molar-refractivity contribution is -0.417. The van der Waals surface area contributed by atoms with Crippen molar-refractivity contribution < 1.29 is 4.58 Å². The topological polar surface area (TPSA) is 3.01 Å². The van der Waals surface area contributed by atoms with Gasteiger partial charge < -0.3 is 0 Å². The number of thiophene rings is 1. The largest absolute Gasteiger partial charge is 0.257 e. The van der Waals surface area contributed by atoms with Crippen LogP contribution in [0.25, 0.3) is 26.9 Å². The molecule has 0 aliphatic carbocycles. The van der Waals surface area contributed by atoms with E-state index in [0.717, 1.165) is 0 Å². The molecule has 0 saturated heterocycles. The summed E-state index contributed by atoms with van der Waals surface area (Å²) in [6, 6.07) is 19.2. The minimum atomic E-state index is 0.0548. The van der Waals surface area contributed by atoms with Crippen molar-refractivity contribution in [2.45, 2.75) is 40.0 Å². The van der Waals surface area contributed by atoms with Gasteiger partial charge in [0, 0.05) is 0 Å². The van der Waals surface area contributed by atoms with Crippen LogP contribution in [-0.4, -0.2) is 11.3 Å². The lowest BCUT2D eigenvalue weighted by Gasteiger charge is -2.28. The predicted octanol–water partition coefficient (Wildman–Crippen LogP) is 7.59. The summed E-state index contributed by atoms with van der Waals surface area (Å²) < 4.78 is 3.39. The van der Waals surface area contributed by atoms with Crippen LogP contribution in [0.5, 0.6) is 0 Å². The van der Waals surface area contributed by atoms with Gasteiger partial charge in [-0.05, 0) is 33.4 Å². The molecule has 1 aliphatic rings. The number of hydrogen-bond donors (Lipinski definition) is 0. The summed E-state index contributed by atoms with van der Waals surface area (Å²) in [4.78, 5) is 1.31. The molecule has 0 N–H and O–H groups in total. The first-order valence-corrected chi connectivity index (χ1v) is 11.3. The standard InChI is InChI=1S/C28H27NS/c1-17-11-12-21-22-13-14-29(6)26(27(22)30-25(21)15-17)23-16-24(28(3,4)5)20-10-8-7-9-19(20)18(23)2/h7-16H,6H2,1-5H3. The first-order chi connectivity index (χ1) is 14.3. The second-order valence-electron chi connectivity index (χ2n) is 9.37. The molecule has 0 spiro atoms. The number of nitrogens with zero attached hydrogens (tertiary/aromatic N) is 1. The van der Waals surface area contributed by atoms with Crippen molar-refractivity contribution in [2.75, 3.05) is 0 Å². The van der Waals surface area contributed by atoms with E-state index in [9.17, 15) is 0 Å². The Kier molecular flexibility index (Phi) is 4.20. The Balaban J connectivity index is 1.83. The van der Waals surface area contributed by atoms with E-state index in [2.05, 4.69) is 102 Å². The van der Waals surface area contributed by atoms with E-state index in [1.165, 1.54) is 59.6 Å². The molecule has 1 aliphatic heterocycles. The smallest absolute Gasteiger partial charge is 0.197 e. The van der Waals surface area contributed by atoms with Crippen LogP contribution in [0.2, 0.25) is 0 Å². The highest BCUT2D eigenvalue weighted by molar-refractivity contribution is 7.19. The van der Waals surface area contributed by atoms with E-state index < -0.39 is 0 Å². The summed E-state index contributed by atoms with van der Waals surface area (Å²) >= 11 is 1.88. The Labute approximate surface area is 183 Å². The molecule has 3 aromatic carbocycles. The quantitative estimate of drug-likeness (QED) is 0.173. The molecule has 2 heterocycles. The third-order valence-electron chi connectivity index (χ3n) is 6.18. The van der Waals surface area contributed by atoms with Gasteiger partial charge in [0.25, 0.3) is 0 Å². The van der Waals surface area contributed by atoms with Gasteiger partial charge >= 0.3 is 0 Å². The Hall–Kier alpha value is -2.84. The highest BCUT2D eigenvalue weighted by Crippen LogP contribution is 2.45. The molecule has 0 radical (unpaired) electrons. The number of fused-ring (bicyclic) bond motifs is 4. The van der Waals surface area contributed by atoms with Gasteiger partial charge in [-0.1, -0.05) is 87.5 Å². The molecule has 0 atom stereocenters. The van der Waals surface area contributed by atoms with Crippen LogP contribution >= 0.6 is 11.3 Å². The van der Waals surface area contributed by atoms with Crippen molar-refractivity contribution in [3.05, 3.63) is 93.5 Å². The average molecular weight is 410 g/mol. The van der Waals surface area contributed by atoms with Gasteiger partial charge in [0.05, 0.1) is 6.72 Å². The zero-order chi connectivity index (χ0) is 21.2. The minimum absolute atomic E-state index is 0.0548. The maximum atomic E-state index is 4.37. The fourth-order valence-corrected chi connectivity index (χ4v) is 5.96. The monoisotopic (exact) mass is 409 g/mol. The molecular weight excluding hydrogens is 382 g/mol. The predicted molar refractivity (Wildman–Crippen MR) is 132 cm³/mol. The van der Waals surface area contributed by atoms with E-state index in [1.54, 1.807) is 0 Å². The first-order valence-electron chi connectivity index (χ1n) is 10.5. The van der Waals surface area contributed by atoms with Crippen LogP contribution < -0.4 is 0 Å². The Morgan fingerprint density at radius 3 is 2.47 bits per heavy atom. The zero-order valence-corrected chi connectivity index (χ0v) is 19.2. The molecule has 0 saturated carbocycles. The molecule has 1 aromatic heterocycles. The van der Waals surface area contributed by atoms with Gasteiger partial charge in [-0.15, -0.1) is 17.7 Å². The fourth-order valence-electron chi connectivity index (χ4n) is 4.60. The highest BCUT2D eigenvalue weighted by Gasteiger charge is 2.34. The molecule has 30 heavy (non-hydrogen) atoms. The summed E-state index contributed by atoms with van der Waals surface area (Å²) in [5.41, 5.74) is 6.65. The Morgan fingerprint density at radius 2 is 1.73 bits per heavy atom. The van der Waals surface area contributed by atoms with Crippen LogP contribution in [0.1, 0.15) is 53.5 Å². The number of benzene rings is 3. The van der Waals surface area contributed by atoms with Crippen LogP contribution in [0, 0.1) is 19.9 Å². The van der Waals surface area contributed by atoms with Gasteiger partial charge in [0.15, 0.2) is 15.6 Å². The van der Waals surface area contributed by atoms with E-state index in [4.69, 9.17) is 0 Å². The number of hydrogen-bond acceptors (Lipinski definition) is 0. The SMILES string of the molecule is C=[N+]1C=Cc2c([s+][c-]3cc(C)ccc23)[C-]1c1cc(C(C)(C)C)c2ccccc2c1C. The molecular formula is C28H27NS. The number of rotatable bonds is 1. The van der Waals surface area contributed by atoms with E-state index in [0.29, 0.717) is 0 Å². The van der Waals surface area contributed by atoms with Crippen LogP contribution in [0.4, 0.5) is 0 Å². The van der Waals surface area contributed by atoms with Crippen molar-refractivity contribution in [1.82, 2.24) is 0 Å². The van der Waals surface area contributed by atoms with Crippen molar-refractivity contribution in [1.29, 1.82) is 0 Å². The second-order valence-corrected chi connectivity index (χ2v) is 10.4. The molecule has 0 fully saturated rings.